The molecule has 6 heterocycles. The van der Waals surface area contributed by atoms with Gasteiger partial charge in [0.15, 0.2) is 5.69 Å². The molecule has 11 nitrogen and oxygen atoms in total. The topological polar surface area (TPSA) is 109 Å². The number of nitrogens with zero attached hydrogens (tertiary/aromatic N) is 7. The Morgan fingerprint density at radius 3 is 2.98 bits per heavy atom. The van der Waals surface area contributed by atoms with E-state index in [0.717, 1.165) is 77.6 Å². The Kier molecular flexibility index (Phi) is 7.05. The quantitative estimate of drug-likeness (QED) is 0.327. The van der Waals surface area contributed by atoms with Gasteiger partial charge in [0.1, 0.15) is 18.6 Å². The van der Waals surface area contributed by atoms with Crippen LogP contribution in [0.5, 0.6) is 6.01 Å². The predicted molar refractivity (Wildman–Crippen MR) is 162 cm³/mol. The van der Waals surface area contributed by atoms with E-state index in [9.17, 15) is 14.4 Å². The standard InChI is InChI=1S/C32H37ClFN7O4/c1-38(43)29(42)26-13-21-17-39(10-4-12-41(21)37-26)28-23-18-45-32(9-7-22-24(32)5-2-6-25(22)33)15-27(23)35-30(36-28)44-19-31-8-3-11-40(31)16-20(34)14-31/h2,5-6,13,20,43H,3-4,7-12,14-19H2,1H3/t20-,31+,32+/m1/s1. The first kappa shape index (κ1) is 29.1. The van der Waals surface area contributed by atoms with Crippen LogP contribution >= 0.6 is 11.6 Å². The van der Waals surface area contributed by atoms with Gasteiger partial charge in [-0.3, -0.25) is 19.6 Å². The van der Waals surface area contributed by atoms with Crippen molar-refractivity contribution in [3.05, 3.63) is 63.1 Å². The van der Waals surface area contributed by atoms with E-state index in [1.807, 2.05) is 16.8 Å². The molecule has 0 radical (unpaired) electrons. The molecule has 2 aromatic heterocycles. The molecule has 13 heteroatoms. The Bertz CT molecular complexity index is 1670. The van der Waals surface area contributed by atoms with Crippen molar-refractivity contribution in [2.45, 2.75) is 82.0 Å². The monoisotopic (exact) mass is 637 g/mol. The number of aryl methyl sites for hydroxylation is 1. The van der Waals surface area contributed by atoms with Crippen LogP contribution < -0.4 is 9.64 Å². The highest BCUT2D eigenvalue weighted by Crippen LogP contribution is 2.49. The van der Waals surface area contributed by atoms with Gasteiger partial charge in [0.05, 0.1) is 35.7 Å². The van der Waals surface area contributed by atoms with E-state index in [2.05, 4.69) is 21.0 Å². The molecule has 0 bridgehead atoms. The molecule has 45 heavy (non-hydrogen) atoms. The zero-order valence-corrected chi connectivity index (χ0v) is 26.1. The Balaban J connectivity index is 1.15. The molecule has 238 valence electrons. The summed E-state index contributed by atoms with van der Waals surface area (Å²) in [5.41, 5.74) is 4.27. The third kappa shape index (κ3) is 4.88. The summed E-state index contributed by atoms with van der Waals surface area (Å²) in [5.74, 6) is 0.183. The van der Waals surface area contributed by atoms with Crippen LogP contribution in [0.15, 0.2) is 24.3 Å². The van der Waals surface area contributed by atoms with Crippen LogP contribution in [0.1, 0.15) is 70.7 Å². The Morgan fingerprint density at radius 2 is 2.11 bits per heavy atom. The molecule has 4 aliphatic heterocycles. The molecule has 3 atom stereocenters. The summed E-state index contributed by atoms with van der Waals surface area (Å²) < 4.78 is 29.5. The average molecular weight is 638 g/mol. The predicted octanol–water partition coefficient (Wildman–Crippen LogP) is 4.07. The maximum absolute atomic E-state index is 14.5. The van der Waals surface area contributed by atoms with E-state index in [4.69, 9.17) is 31.0 Å². The maximum Gasteiger partial charge on any atom is 0.318 e. The van der Waals surface area contributed by atoms with Gasteiger partial charge in [-0.25, -0.2) is 9.45 Å². The van der Waals surface area contributed by atoms with Crippen molar-refractivity contribution in [1.82, 2.24) is 29.7 Å². The minimum Gasteiger partial charge on any atom is -0.461 e. The van der Waals surface area contributed by atoms with Gasteiger partial charge in [0, 0.05) is 50.1 Å². The Hall–Kier alpha value is -3.32. The molecule has 2 fully saturated rings. The second-order valence-electron chi connectivity index (χ2n) is 13.2. The van der Waals surface area contributed by atoms with E-state index >= 15 is 0 Å². The molecule has 1 aromatic carbocycles. The van der Waals surface area contributed by atoms with Crippen molar-refractivity contribution in [3.8, 4) is 6.01 Å². The number of benzene rings is 1. The molecule has 1 spiro atoms. The first-order chi connectivity index (χ1) is 21.7. The van der Waals surface area contributed by atoms with Gasteiger partial charge >= 0.3 is 6.01 Å². The molecule has 1 N–H and O–H groups in total. The Labute approximate surface area is 265 Å². The highest BCUT2D eigenvalue weighted by atomic mass is 35.5. The van der Waals surface area contributed by atoms with Crippen LogP contribution in [0.4, 0.5) is 10.2 Å². The molecule has 5 aliphatic rings. The first-order valence-electron chi connectivity index (χ1n) is 15.9. The van der Waals surface area contributed by atoms with Crippen molar-refractivity contribution in [3.63, 3.8) is 0 Å². The largest absolute Gasteiger partial charge is 0.461 e. The fourth-order valence-corrected chi connectivity index (χ4v) is 8.51. The number of carbonyl (C=O) groups is 1. The number of amides is 1. The van der Waals surface area contributed by atoms with Crippen LogP contribution in [0, 0.1) is 0 Å². The highest BCUT2D eigenvalue weighted by Gasteiger charge is 2.50. The van der Waals surface area contributed by atoms with Crippen molar-refractivity contribution < 1.29 is 23.9 Å². The van der Waals surface area contributed by atoms with Crippen molar-refractivity contribution in [1.29, 1.82) is 0 Å². The van der Waals surface area contributed by atoms with Crippen LogP contribution in [0.2, 0.25) is 5.02 Å². The van der Waals surface area contributed by atoms with Crippen LogP contribution in [-0.4, -0.2) is 85.8 Å². The number of aromatic nitrogens is 4. The summed E-state index contributed by atoms with van der Waals surface area (Å²) in [5, 5.41) is 15.5. The van der Waals surface area contributed by atoms with Crippen LogP contribution in [-0.2, 0) is 42.9 Å². The minimum atomic E-state index is -0.843. The second-order valence-corrected chi connectivity index (χ2v) is 13.6. The lowest BCUT2D eigenvalue weighted by Crippen LogP contribution is -2.43. The van der Waals surface area contributed by atoms with Crippen molar-refractivity contribution >= 4 is 23.3 Å². The minimum absolute atomic E-state index is 0.192. The lowest BCUT2D eigenvalue weighted by atomic mass is 9.87. The summed E-state index contributed by atoms with van der Waals surface area (Å²) in [7, 11) is 1.29. The molecule has 1 aliphatic carbocycles. The molecule has 2 saturated heterocycles. The normalized spacial score (nSPS) is 27.2. The van der Waals surface area contributed by atoms with Gasteiger partial charge in [-0.05, 0) is 61.9 Å². The smallest absolute Gasteiger partial charge is 0.318 e. The second kappa shape index (κ2) is 10.9. The molecular weight excluding hydrogens is 601 g/mol. The SMILES string of the molecule is CN(O)C(=O)c1cc2n(n1)CCCN(c1nc(OC[C@@]34CCCN3C[C@H](F)C4)nc3c1CO[C@@]1(CCc4c(Cl)cccc41)C3)C2. The summed E-state index contributed by atoms with van der Waals surface area (Å²) in [6, 6.07) is 8.04. The molecule has 0 saturated carbocycles. The zero-order chi connectivity index (χ0) is 30.9. The molecule has 3 aromatic rings. The van der Waals surface area contributed by atoms with Crippen LogP contribution in [0.25, 0.3) is 0 Å². The van der Waals surface area contributed by atoms with Crippen molar-refractivity contribution in [2.75, 3.05) is 38.2 Å². The fourth-order valence-electron chi connectivity index (χ4n) is 8.24. The van der Waals surface area contributed by atoms with Gasteiger partial charge in [-0.1, -0.05) is 23.7 Å². The summed E-state index contributed by atoms with van der Waals surface area (Å²) in [4.78, 5) is 26.9. The van der Waals surface area contributed by atoms with Gasteiger partial charge in [-0.15, -0.1) is 0 Å². The number of alkyl halides is 1. The summed E-state index contributed by atoms with van der Waals surface area (Å²) in [6.45, 7) is 3.83. The van der Waals surface area contributed by atoms with Gasteiger partial charge in [0.2, 0.25) is 0 Å². The fraction of sp³-hybridized carbons (Fsp3) is 0.562. The van der Waals surface area contributed by atoms with Crippen LogP contribution in [0.3, 0.4) is 0 Å². The van der Waals surface area contributed by atoms with E-state index in [0.29, 0.717) is 63.3 Å². The highest BCUT2D eigenvalue weighted by molar-refractivity contribution is 6.31. The first-order valence-corrected chi connectivity index (χ1v) is 16.2. The van der Waals surface area contributed by atoms with Crippen molar-refractivity contribution in [2.24, 2.45) is 0 Å². The summed E-state index contributed by atoms with van der Waals surface area (Å²) in [6.07, 6.45) is 4.57. The average Bonchev–Trinajstić information content (AvgIpc) is 3.74. The number of ether oxygens (including phenoxy) is 2. The number of hydrogen-bond acceptors (Lipinski definition) is 9. The number of hydroxylamine groups is 2. The molecule has 0 unspecified atom stereocenters. The number of fused-ring (bicyclic) bond motifs is 5. The van der Waals surface area contributed by atoms with E-state index < -0.39 is 17.7 Å². The molecular formula is C32H37ClFN7O4. The zero-order valence-electron chi connectivity index (χ0n) is 25.3. The van der Waals surface area contributed by atoms with Gasteiger partial charge in [0.25, 0.3) is 5.91 Å². The van der Waals surface area contributed by atoms with Gasteiger partial charge in [-0.2, -0.15) is 15.1 Å². The number of carbonyl (C=O) groups excluding carboxylic acids is 1. The molecule has 8 rings (SSSR count). The third-order valence-corrected chi connectivity index (χ3v) is 10.8. The summed E-state index contributed by atoms with van der Waals surface area (Å²) >= 11 is 6.59. The molecule has 1 amide bonds. The maximum atomic E-state index is 14.5. The lowest BCUT2D eigenvalue weighted by molar-refractivity contribution is -0.0730. The van der Waals surface area contributed by atoms with E-state index in [1.165, 1.54) is 7.05 Å². The van der Waals surface area contributed by atoms with E-state index in [-0.39, 0.29) is 11.2 Å². The number of anilines is 1. The lowest BCUT2D eigenvalue weighted by Gasteiger charge is -2.37. The number of halogens is 2. The third-order valence-electron chi connectivity index (χ3n) is 10.4. The van der Waals surface area contributed by atoms with Gasteiger partial charge < -0.3 is 14.4 Å². The van der Waals surface area contributed by atoms with E-state index in [1.54, 1.807) is 6.07 Å². The number of rotatable bonds is 5. The number of hydrogen-bond donors (Lipinski definition) is 1. The Morgan fingerprint density at radius 1 is 1.22 bits per heavy atom.